The first-order valence-electron chi connectivity index (χ1n) is 5.93. The van der Waals surface area contributed by atoms with E-state index in [9.17, 15) is 13.2 Å². The van der Waals surface area contributed by atoms with Crippen LogP contribution in [0.15, 0.2) is 24.4 Å². The van der Waals surface area contributed by atoms with Gasteiger partial charge in [0.1, 0.15) is 0 Å². The SMILES string of the molecule is Cn1cc(-c2ccc3c(c2)CCN3)c(C(F)(F)F)n1. The second-order valence-electron chi connectivity index (χ2n) is 4.61. The molecular weight excluding hydrogens is 255 g/mol. The number of alkyl halides is 3. The fraction of sp³-hybridized carbons (Fsp3) is 0.308. The standard InChI is InChI=1S/C13H12F3N3/c1-19-7-10(12(18-19)13(14,15)16)8-2-3-11-9(6-8)4-5-17-11/h2-3,6-7,17H,4-5H2,1H3. The topological polar surface area (TPSA) is 29.9 Å². The molecule has 100 valence electrons. The maximum Gasteiger partial charge on any atom is 0.435 e. The Morgan fingerprint density at radius 3 is 2.84 bits per heavy atom. The maximum atomic E-state index is 12.9. The lowest BCUT2D eigenvalue weighted by atomic mass is 10.0. The van der Waals surface area contributed by atoms with Gasteiger partial charge in [0.05, 0.1) is 0 Å². The molecule has 3 rings (SSSR count). The molecule has 0 saturated heterocycles. The number of fused-ring (bicyclic) bond motifs is 1. The quantitative estimate of drug-likeness (QED) is 0.860. The third kappa shape index (κ3) is 2.07. The minimum atomic E-state index is -4.44. The zero-order chi connectivity index (χ0) is 13.6. The minimum absolute atomic E-state index is 0.129. The molecule has 0 spiro atoms. The Labute approximate surface area is 108 Å². The number of nitrogens with zero attached hydrogens (tertiary/aromatic N) is 2. The molecule has 6 heteroatoms. The Kier molecular flexibility index (Phi) is 2.55. The molecule has 0 fully saturated rings. The molecule has 2 heterocycles. The van der Waals surface area contributed by atoms with Gasteiger partial charge in [0.25, 0.3) is 0 Å². The van der Waals surface area contributed by atoms with Gasteiger partial charge in [-0.2, -0.15) is 18.3 Å². The molecule has 0 atom stereocenters. The predicted octanol–water partition coefficient (Wildman–Crippen LogP) is 3.07. The van der Waals surface area contributed by atoms with E-state index in [-0.39, 0.29) is 5.56 Å². The Morgan fingerprint density at radius 1 is 1.32 bits per heavy atom. The number of benzene rings is 1. The summed E-state index contributed by atoms with van der Waals surface area (Å²) in [6, 6.07) is 5.33. The van der Waals surface area contributed by atoms with Crippen LogP contribution in [0.3, 0.4) is 0 Å². The molecule has 19 heavy (non-hydrogen) atoms. The highest BCUT2D eigenvalue weighted by Gasteiger charge is 2.37. The number of hydrogen-bond donors (Lipinski definition) is 1. The molecule has 0 aliphatic carbocycles. The molecule has 0 unspecified atom stereocenters. The first kappa shape index (κ1) is 12.1. The molecule has 3 nitrogen and oxygen atoms in total. The van der Waals surface area contributed by atoms with Crippen molar-refractivity contribution in [3.8, 4) is 11.1 Å². The van der Waals surface area contributed by atoms with Gasteiger partial charge >= 0.3 is 6.18 Å². The van der Waals surface area contributed by atoms with E-state index >= 15 is 0 Å². The van der Waals surface area contributed by atoms with Crippen molar-refractivity contribution in [2.45, 2.75) is 12.6 Å². The van der Waals surface area contributed by atoms with E-state index in [4.69, 9.17) is 0 Å². The van der Waals surface area contributed by atoms with E-state index in [2.05, 4.69) is 10.4 Å². The van der Waals surface area contributed by atoms with E-state index < -0.39 is 11.9 Å². The summed E-state index contributed by atoms with van der Waals surface area (Å²) in [6.07, 6.45) is -2.19. The van der Waals surface area contributed by atoms with Gasteiger partial charge in [0.2, 0.25) is 0 Å². The van der Waals surface area contributed by atoms with Gasteiger partial charge in [-0.25, -0.2) is 0 Å². The number of hydrogen-bond acceptors (Lipinski definition) is 2. The fourth-order valence-electron chi connectivity index (χ4n) is 2.38. The van der Waals surface area contributed by atoms with E-state index in [1.165, 1.54) is 17.9 Å². The van der Waals surface area contributed by atoms with E-state index in [0.717, 1.165) is 24.2 Å². The molecule has 0 saturated carbocycles. The van der Waals surface area contributed by atoms with Crippen molar-refractivity contribution in [2.24, 2.45) is 7.05 Å². The highest BCUT2D eigenvalue weighted by Crippen LogP contribution is 2.37. The van der Waals surface area contributed by atoms with Crippen LogP contribution in [0.4, 0.5) is 18.9 Å². The fourth-order valence-corrected chi connectivity index (χ4v) is 2.38. The Bertz CT molecular complexity index is 629. The van der Waals surface area contributed by atoms with Crippen LogP contribution in [0.5, 0.6) is 0 Å². The number of rotatable bonds is 1. The predicted molar refractivity (Wildman–Crippen MR) is 65.8 cm³/mol. The van der Waals surface area contributed by atoms with E-state index in [1.807, 2.05) is 12.1 Å². The second kappa shape index (κ2) is 4.01. The highest BCUT2D eigenvalue weighted by atomic mass is 19.4. The van der Waals surface area contributed by atoms with Crippen molar-refractivity contribution in [1.29, 1.82) is 0 Å². The van der Waals surface area contributed by atoms with Crippen LogP contribution in [0.1, 0.15) is 11.3 Å². The van der Waals surface area contributed by atoms with Crippen molar-refractivity contribution >= 4 is 5.69 Å². The summed E-state index contributed by atoms with van der Waals surface area (Å²) in [7, 11) is 1.49. The summed E-state index contributed by atoms with van der Waals surface area (Å²) in [6.45, 7) is 0.831. The van der Waals surface area contributed by atoms with Gasteiger partial charge < -0.3 is 5.32 Å². The van der Waals surface area contributed by atoms with Gasteiger partial charge in [-0.3, -0.25) is 4.68 Å². The van der Waals surface area contributed by atoms with Crippen molar-refractivity contribution in [1.82, 2.24) is 9.78 Å². The van der Waals surface area contributed by atoms with Crippen molar-refractivity contribution < 1.29 is 13.2 Å². The van der Waals surface area contributed by atoms with Crippen LogP contribution in [-0.2, 0) is 19.6 Å². The highest BCUT2D eigenvalue weighted by molar-refractivity contribution is 5.71. The Hall–Kier alpha value is -1.98. The number of aromatic nitrogens is 2. The summed E-state index contributed by atoms with van der Waals surface area (Å²) < 4.78 is 40.0. The van der Waals surface area contributed by atoms with Crippen molar-refractivity contribution in [3.05, 3.63) is 35.7 Å². The lowest BCUT2D eigenvalue weighted by Crippen LogP contribution is -2.08. The lowest BCUT2D eigenvalue weighted by Gasteiger charge is -2.07. The number of nitrogens with one attached hydrogen (secondary N) is 1. The summed E-state index contributed by atoms with van der Waals surface area (Å²) in [5.41, 5.74) is 1.91. The molecule has 1 aromatic heterocycles. The third-order valence-corrected chi connectivity index (χ3v) is 3.22. The molecule has 1 N–H and O–H groups in total. The zero-order valence-electron chi connectivity index (χ0n) is 10.3. The minimum Gasteiger partial charge on any atom is -0.384 e. The van der Waals surface area contributed by atoms with Gasteiger partial charge in [-0.1, -0.05) is 6.07 Å². The van der Waals surface area contributed by atoms with E-state index in [0.29, 0.717) is 5.56 Å². The molecule has 1 aliphatic rings. The van der Waals surface area contributed by atoms with Crippen molar-refractivity contribution in [3.63, 3.8) is 0 Å². The molecule has 2 aromatic rings. The smallest absolute Gasteiger partial charge is 0.384 e. The second-order valence-corrected chi connectivity index (χ2v) is 4.61. The van der Waals surface area contributed by atoms with Gasteiger partial charge in [0, 0.05) is 31.0 Å². The van der Waals surface area contributed by atoms with Crippen LogP contribution >= 0.6 is 0 Å². The van der Waals surface area contributed by atoms with Crippen LogP contribution in [0, 0.1) is 0 Å². The molecule has 1 aromatic carbocycles. The average molecular weight is 267 g/mol. The summed E-state index contributed by atoms with van der Waals surface area (Å²) in [4.78, 5) is 0. The third-order valence-electron chi connectivity index (χ3n) is 3.22. The molecule has 1 aliphatic heterocycles. The summed E-state index contributed by atoms with van der Waals surface area (Å²) in [5.74, 6) is 0. The van der Waals surface area contributed by atoms with Crippen molar-refractivity contribution in [2.75, 3.05) is 11.9 Å². The monoisotopic (exact) mass is 267 g/mol. The summed E-state index contributed by atoms with van der Waals surface area (Å²) >= 11 is 0. The normalized spacial score (nSPS) is 14.3. The van der Waals surface area contributed by atoms with Crippen LogP contribution < -0.4 is 5.32 Å². The number of anilines is 1. The lowest BCUT2D eigenvalue weighted by molar-refractivity contribution is -0.140. The first-order chi connectivity index (χ1) is 8.95. The first-order valence-corrected chi connectivity index (χ1v) is 5.93. The molecule has 0 bridgehead atoms. The zero-order valence-corrected chi connectivity index (χ0v) is 10.3. The van der Waals surface area contributed by atoms with Crippen LogP contribution in [0.2, 0.25) is 0 Å². The van der Waals surface area contributed by atoms with Gasteiger partial charge in [-0.05, 0) is 29.7 Å². The Morgan fingerprint density at radius 2 is 2.11 bits per heavy atom. The molecular formula is C13H12F3N3. The average Bonchev–Trinajstić information content (AvgIpc) is 2.92. The van der Waals surface area contributed by atoms with Crippen LogP contribution in [-0.4, -0.2) is 16.3 Å². The Balaban J connectivity index is 2.12. The van der Waals surface area contributed by atoms with Crippen LogP contribution in [0.25, 0.3) is 11.1 Å². The number of halogens is 3. The van der Waals surface area contributed by atoms with Gasteiger partial charge in [0.15, 0.2) is 5.69 Å². The molecule has 0 radical (unpaired) electrons. The largest absolute Gasteiger partial charge is 0.435 e. The van der Waals surface area contributed by atoms with E-state index in [1.54, 1.807) is 6.07 Å². The molecule has 0 amide bonds. The number of aryl methyl sites for hydroxylation is 1. The summed E-state index contributed by atoms with van der Waals surface area (Å²) in [5, 5.41) is 6.71. The maximum absolute atomic E-state index is 12.9. The van der Waals surface area contributed by atoms with Gasteiger partial charge in [-0.15, -0.1) is 0 Å².